The Morgan fingerprint density at radius 3 is 2.42 bits per heavy atom. The SMILES string of the molecule is CCN(CC)c1ccc(N2C/C=C\CCC(=O)OC[C@H](c3ccccc3)NC(=O)[C@H]3[C@@H]4O[C@@]5(C=C4Br)[C@@H]3C(=O)N(CCO)[C@@H]5C2=O)cc1. The summed E-state index contributed by atoms with van der Waals surface area (Å²) < 4.78 is 12.8. The van der Waals surface area contributed by atoms with Crippen molar-refractivity contribution in [2.75, 3.05) is 49.2 Å². The van der Waals surface area contributed by atoms with Crippen molar-refractivity contribution in [2.24, 2.45) is 11.8 Å². The van der Waals surface area contributed by atoms with E-state index >= 15 is 0 Å². The number of ether oxygens (including phenoxy) is 2. The van der Waals surface area contributed by atoms with Crippen molar-refractivity contribution >= 4 is 51.0 Å². The summed E-state index contributed by atoms with van der Waals surface area (Å²) in [4.78, 5) is 61.3. The molecule has 4 heterocycles. The molecule has 2 N–H and O–H groups in total. The molecule has 0 saturated carbocycles. The Balaban J connectivity index is 1.42. The number of carbonyl (C=O) groups is 4. The lowest BCUT2D eigenvalue weighted by Crippen LogP contribution is -2.56. The van der Waals surface area contributed by atoms with Gasteiger partial charge in [0.2, 0.25) is 11.8 Å². The molecule has 5 bridgehead atoms. The van der Waals surface area contributed by atoms with Crippen LogP contribution in [-0.2, 0) is 28.7 Å². The topological polar surface area (TPSA) is 129 Å². The number of fused-ring (bicyclic) bond motifs is 2. The average molecular weight is 722 g/mol. The van der Waals surface area contributed by atoms with E-state index in [2.05, 4.69) is 40.0 Å². The van der Waals surface area contributed by atoms with E-state index in [0.29, 0.717) is 16.6 Å². The van der Waals surface area contributed by atoms with Gasteiger partial charge in [0, 0.05) is 48.5 Å². The Morgan fingerprint density at radius 2 is 1.73 bits per heavy atom. The summed E-state index contributed by atoms with van der Waals surface area (Å²) in [6.45, 7) is 5.40. The van der Waals surface area contributed by atoms with Gasteiger partial charge >= 0.3 is 5.97 Å². The van der Waals surface area contributed by atoms with Crippen LogP contribution in [0.5, 0.6) is 0 Å². The number of carbonyl (C=O) groups excluding carboxylic acids is 4. The van der Waals surface area contributed by atoms with Gasteiger partial charge in [-0.1, -0.05) is 58.4 Å². The number of cyclic esters (lactones) is 1. The highest BCUT2D eigenvalue weighted by atomic mass is 79.9. The summed E-state index contributed by atoms with van der Waals surface area (Å²) >= 11 is 3.59. The van der Waals surface area contributed by atoms with Crippen LogP contribution in [0.4, 0.5) is 11.4 Å². The molecule has 3 amide bonds. The normalized spacial score (nSPS) is 29.8. The second-order valence-corrected chi connectivity index (χ2v) is 13.3. The van der Waals surface area contributed by atoms with Gasteiger partial charge in [-0.25, -0.2) is 0 Å². The van der Waals surface area contributed by atoms with Crippen LogP contribution >= 0.6 is 15.9 Å². The Morgan fingerprint density at radius 1 is 1.00 bits per heavy atom. The van der Waals surface area contributed by atoms with Crippen molar-refractivity contribution in [2.45, 2.75) is 50.5 Å². The van der Waals surface area contributed by atoms with Gasteiger partial charge < -0.3 is 34.6 Å². The van der Waals surface area contributed by atoms with Gasteiger partial charge in [0.1, 0.15) is 24.4 Å². The summed E-state index contributed by atoms with van der Waals surface area (Å²) in [7, 11) is 0. The average Bonchev–Trinajstić information content (AvgIpc) is 3.68. The second-order valence-electron chi connectivity index (χ2n) is 12.4. The molecule has 0 unspecified atom stereocenters. The highest BCUT2D eigenvalue weighted by molar-refractivity contribution is 9.11. The van der Waals surface area contributed by atoms with E-state index < -0.39 is 59.3 Å². The number of benzene rings is 2. The number of halogens is 1. The zero-order valence-corrected chi connectivity index (χ0v) is 28.7. The number of rotatable bonds is 7. The molecule has 2 aromatic carbocycles. The van der Waals surface area contributed by atoms with Gasteiger partial charge in [0.25, 0.3) is 5.91 Å². The van der Waals surface area contributed by atoms with Crippen LogP contribution in [-0.4, -0.2) is 90.8 Å². The van der Waals surface area contributed by atoms with Gasteiger partial charge in [-0.2, -0.15) is 0 Å². The molecule has 2 aromatic rings. The van der Waals surface area contributed by atoms with Crippen LogP contribution in [0, 0.1) is 11.8 Å². The molecule has 6 rings (SSSR count). The fraction of sp³-hybridized carbons (Fsp3) is 0.444. The van der Waals surface area contributed by atoms with E-state index in [1.807, 2.05) is 66.7 Å². The Kier molecular flexibility index (Phi) is 10.0. The molecule has 11 nitrogen and oxygen atoms in total. The fourth-order valence-electron chi connectivity index (χ4n) is 7.47. The standard InChI is InChI=1S/C36H41BrN4O7/c1-3-39(4-2)24-14-16-25(17-15-24)40-18-10-6-9-13-28(43)47-22-27(23-11-7-5-8-12-23)38-33(44)29-30-34(45)41(19-20-42)32(35(40)46)36(30)21-26(37)31(29)48-36/h5-8,10-12,14-17,21,27,29-32,42H,3-4,9,13,18-20,22H2,1-2H3,(H,38,44)/b10-6-/t27-,29-,30+,31-,32-,36+/m1/s1. The molecule has 48 heavy (non-hydrogen) atoms. The molecule has 0 radical (unpaired) electrons. The molecule has 0 aliphatic carbocycles. The quantitative estimate of drug-likeness (QED) is 0.329. The van der Waals surface area contributed by atoms with Crippen LogP contribution in [0.3, 0.4) is 0 Å². The molecule has 12 heteroatoms. The Hall–Kier alpha value is -4.00. The second kappa shape index (κ2) is 14.2. The number of aliphatic hydroxyl groups excluding tert-OH is 1. The number of aliphatic hydroxyl groups is 1. The largest absolute Gasteiger partial charge is 0.463 e. The maximum Gasteiger partial charge on any atom is 0.306 e. The molecule has 254 valence electrons. The van der Waals surface area contributed by atoms with E-state index in [1.54, 1.807) is 11.0 Å². The highest BCUT2D eigenvalue weighted by Crippen LogP contribution is 2.58. The van der Waals surface area contributed by atoms with Crippen molar-refractivity contribution < 1.29 is 33.8 Å². The van der Waals surface area contributed by atoms with Gasteiger partial charge in [0.15, 0.2) is 0 Å². The third kappa shape index (κ3) is 6.05. The van der Waals surface area contributed by atoms with E-state index in [4.69, 9.17) is 9.47 Å². The lowest BCUT2D eigenvalue weighted by Gasteiger charge is -2.35. The molecule has 4 aliphatic rings. The molecule has 1 spiro atoms. The molecule has 6 atom stereocenters. The van der Waals surface area contributed by atoms with Crippen molar-refractivity contribution in [3.63, 3.8) is 0 Å². The van der Waals surface area contributed by atoms with Crippen molar-refractivity contribution in [1.29, 1.82) is 0 Å². The summed E-state index contributed by atoms with van der Waals surface area (Å²) in [6.07, 6.45) is 5.12. The summed E-state index contributed by atoms with van der Waals surface area (Å²) in [6, 6.07) is 15.0. The number of allylic oxidation sites excluding steroid dienone is 1. The summed E-state index contributed by atoms with van der Waals surface area (Å²) in [5.74, 6) is -3.69. The van der Waals surface area contributed by atoms with E-state index in [-0.39, 0.29) is 32.7 Å². The van der Waals surface area contributed by atoms with Crippen LogP contribution in [0.1, 0.15) is 38.3 Å². The number of nitrogens with zero attached hydrogens (tertiary/aromatic N) is 3. The monoisotopic (exact) mass is 720 g/mol. The highest BCUT2D eigenvalue weighted by Gasteiger charge is 2.74. The molecular weight excluding hydrogens is 680 g/mol. The van der Waals surface area contributed by atoms with E-state index in [0.717, 1.165) is 24.3 Å². The van der Waals surface area contributed by atoms with Gasteiger partial charge in [-0.15, -0.1) is 0 Å². The predicted molar refractivity (Wildman–Crippen MR) is 183 cm³/mol. The van der Waals surface area contributed by atoms with Crippen molar-refractivity contribution in [3.05, 3.63) is 82.9 Å². The lowest BCUT2D eigenvalue weighted by atomic mass is 9.74. The first-order valence-electron chi connectivity index (χ1n) is 16.5. The van der Waals surface area contributed by atoms with Crippen molar-refractivity contribution in [3.8, 4) is 0 Å². The molecular formula is C36H41BrN4O7. The lowest BCUT2D eigenvalue weighted by molar-refractivity contribution is -0.145. The van der Waals surface area contributed by atoms with Gasteiger partial charge in [0.05, 0.1) is 24.5 Å². The number of anilines is 2. The molecule has 2 fully saturated rings. The minimum atomic E-state index is -1.44. The zero-order chi connectivity index (χ0) is 34.0. The number of likely N-dealkylation sites (tertiary alicyclic amines) is 1. The maximum atomic E-state index is 14.9. The minimum absolute atomic E-state index is 0.0910. The Bertz CT molecular complexity index is 1590. The van der Waals surface area contributed by atoms with Crippen LogP contribution in [0.15, 0.2) is 77.3 Å². The number of hydrogen-bond acceptors (Lipinski definition) is 8. The number of hydrogen-bond donors (Lipinski definition) is 2. The van der Waals surface area contributed by atoms with E-state index in [9.17, 15) is 24.3 Å². The first-order chi connectivity index (χ1) is 23.2. The molecule has 2 saturated heterocycles. The maximum absolute atomic E-state index is 14.9. The summed E-state index contributed by atoms with van der Waals surface area (Å²) in [5, 5.41) is 13.1. The summed E-state index contributed by atoms with van der Waals surface area (Å²) in [5.41, 5.74) is 0.922. The number of amides is 3. The first kappa shape index (κ1) is 33.9. The predicted octanol–water partition coefficient (Wildman–Crippen LogP) is 3.48. The molecule has 4 aliphatic heterocycles. The van der Waals surface area contributed by atoms with E-state index in [1.165, 1.54) is 4.90 Å². The van der Waals surface area contributed by atoms with Crippen molar-refractivity contribution in [1.82, 2.24) is 10.2 Å². The minimum Gasteiger partial charge on any atom is -0.463 e. The third-order valence-corrected chi connectivity index (χ3v) is 10.4. The molecule has 0 aromatic heterocycles. The Labute approximate surface area is 288 Å². The smallest absolute Gasteiger partial charge is 0.306 e. The third-order valence-electron chi connectivity index (χ3n) is 9.76. The zero-order valence-electron chi connectivity index (χ0n) is 27.1. The van der Waals surface area contributed by atoms with Gasteiger partial charge in [-0.05, 0) is 56.2 Å². The van der Waals surface area contributed by atoms with Gasteiger partial charge in [-0.3, -0.25) is 19.2 Å². The van der Waals surface area contributed by atoms with Crippen LogP contribution in [0.2, 0.25) is 0 Å². The first-order valence-corrected chi connectivity index (χ1v) is 17.3. The van der Waals surface area contributed by atoms with Crippen LogP contribution < -0.4 is 15.1 Å². The fourth-order valence-corrected chi connectivity index (χ4v) is 8.20. The number of esters is 1. The number of β-amino-alcohol motifs (C(OH)–C–C–N with tert-alkyl or cyclic N) is 1. The van der Waals surface area contributed by atoms with Crippen LogP contribution in [0.25, 0.3) is 0 Å². The number of nitrogens with one attached hydrogen (secondary N) is 1.